The van der Waals surface area contributed by atoms with Gasteiger partial charge in [0.2, 0.25) is 5.91 Å². The highest BCUT2D eigenvalue weighted by Crippen LogP contribution is 2.24. The van der Waals surface area contributed by atoms with E-state index in [9.17, 15) is 4.79 Å². The average Bonchev–Trinajstić information content (AvgIpc) is 3.17. The number of pyridine rings is 1. The van der Waals surface area contributed by atoms with E-state index >= 15 is 0 Å². The molecule has 1 aliphatic heterocycles. The Hall–Kier alpha value is -3.29. The van der Waals surface area contributed by atoms with Crippen molar-refractivity contribution in [2.45, 2.75) is 25.7 Å². The summed E-state index contributed by atoms with van der Waals surface area (Å²) in [6.45, 7) is 0.760. The molecule has 8 nitrogen and oxygen atoms in total. The van der Waals surface area contributed by atoms with Gasteiger partial charge in [-0.15, -0.1) is 0 Å². The van der Waals surface area contributed by atoms with Gasteiger partial charge in [-0.3, -0.25) is 9.78 Å². The van der Waals surface area contributed by atoms with Crippen LogP contribution in [0, 0.1) is 5.92 Å². The van der Waals surface area contributed by atoms with E-state index in [0.29, 0.717) is 41.3 Å². The zero-order valence-corrected chi connectivity index (χ0v) is 14.8. The normalized spacial score (nSPS) is 16.7. The van der Waals surface area contributed by atoms with Gasteiger partial charge in [-0.2, -0.15) is 0 Å². The lowest BCUT2D eigenvalue weighted by Gasteiger charge is -2.21. The molecular formula is C19H20N6O2. The molecule has 1 saturated heterocycles. The molecule has 1 amide bonds. The van der Waals surface area contributed by atoms with Crippen molar-refractivity contribution in [2.75, 3.05) is 11.9 Å². The van der Waals surface area contributed by atoms with Crippen LogP contribution in [0.15, 0.2) is 47.4 Å². The molecule has 0 saturated carbocycles. The van der Waals surface area contributed by atoms with Crippen LogP contribution in [0.4, 0.5) is 11.6 Å². The van der Waals surface area contributed by atoms with Crippen LogP contribution in [0.3, 0.4) is 0 Å². The number of aryl methyl sites for hydroxylation is 1. The second kappa shape index (κ2) is 7.94. The number of anilines is 2. The predicted octanol–water partition coefficient (Wildman–Crippen LogP) is 2.73. The van der Waals surface area contributed by atoms with Gasteiger partial charge >= 0.3 is 0 Å². The number of oxazole rings is 1. The predicted molar refractivity (Wildman–Crippen MR) is 99.1 cm³/mol. The lowest BCUT2D eigenvalue weighted by Crippen LogP contribution is -2.33. The van der Waals surface area contributed by atoms with E-state index in [0.717, 1.165) is 25.8 Å². The van der Waals surface area contributed by atoms with Crippen molar-refractivity contribution >= 4 is 17.5 Å². The van der Waals surface area contributed by atoms with Crippen LogP contribution in [-0.2, 0) is 11.2 Å². The summed E-state index contributed by atoms with van der Waals surface area (Å²) in [5.41, 5.74) is 0.694. The first-order valence-corrected chi connectivity index (χ1v) is 8.98. The molecule has 0 spiro atoms. The molecule has 0 aliphatic carbocycles. The highest BCUT2D eigenvalue weighted by atomic mass is 16.4. The quantitative estimate of drug-likeness (QED) is 0.693. The number of hydrogen-bond acceptors (Lipinski definition) is 7. The van der Waals surface area contributed by atoms with Crippen molar-refractivity contribution in [3.05, 3.63) is 48.9 Å². The third-order valence-corrected chi connectivity index (χ3v) is 4.49. The van der Waals surface area contributed by atoms with Gasteiger partial charge in [0, 0.05) is 31.8 Å². The third-order valence-electron chi connectivity index (χ3n) is 4.49. The van der Waals surface area contributed by atoms with Crippen LogP contribution in [0.25, 0.3) is 11.5 Å². The van der Waals surface area contributed by atoms with Gasteiger partial charge in [0.15, 0.2) is 11.7 Å². The van der Waals surface area contributed by atoms with Crippen LogP contribution in [-0.4, -0.2) is 32.4 Å². The maximum Gasteiger partial charge on any atom is 0.220 e. The minimum absolute atomic E-state index is 0.135. The van der Waals surface area contributed by atoms with Crippen LogP contribution in [0.2, 0.25) is 0 Å². The Bertz CT molecular complexity index is 911. The molecule has 0 bridgehead atoms. The van der Waals surface area contributed by atoms with E-state index in [2.05, 4.69) is 30.6 Å². The van der Waals surface area contributed by atoms with Gasteiger partial charge in [0.25, 0.3) is 0 Å². The molecule has 138 valence electrons. The molecule has 8 heteroatoms. The van der Waals surface area contributed by atoms with Crippen LogP contribution in [0.5, 0.6) is 0 Å². The van der Waals surface area contributed by atoms with E-state index in [1.54, 1.807) is 24.8 Å². The van der Waals surface area contributed by atoms with Crippen molar-refractivity contribution in [3.8, 4) is 11.5 Å². The van der Waals surface area contributed by atoms with Crippen LogP contribution < -0.4 is 10.6 Å². The van der Waals surface area contributed by atoms with E-state index < -0.39 is 0 Å². The molecule has 1 fully saturated rings. The van der Waals surface area contributed by atoms with E-state index in [4.69, 9.17) is 4.42 Å². The van der Waals surface area contributed by atoms with E-state index in [1.165, 1.54) is 0 Å². The van der Waals surface area contributed by atoms with Crippen molar-refractivity contribution in [2.24, 2.45) is 5.92 Å². The summed E-state index contributed by atoms with van der Waals surface area (Å²) in [5, 5.41) is 5.97. The summed E-state index contributed by atoms with van der Waals surface area (Å²) < 4.78 is 5.86. The highest BCUT2D eigenvalue weighted by molar-refractivity contribution is 5.76. The van der Waals surface area contributed by atoms with Crippen molar-refractivity contribution in [1.82, 2.24) is 25.3 Å². The molecule has 1 aliphatic rings. The number of carbonyl (C=O) groups is 1. The van der Waals surface area contributed by atoms with Gasteiger partial charge in [-0.05, 0) is 30.9 Å². The largest absolute Gasteiger partial charge is 0.439 e. The summed E-state index contributed by atoms with van der Waals surface area (Å²) in [6, 6.07) is 5.62. The van der Waals surface area contributed by atoms with Crippen molar-refractivity contribution < 1.29 is 9.21 Å². The summed E-state index contributed by atoms with van der Waals surface area (Å²) >= 11 is 0. The maximum atomic E-state index is 11.5. The molecule has 0 aromatic carbocycles. The molecule has 3 aromatic heterocycles. The molecule has 4 rings (SSSR count). The Labute approximate surface area is 156 Å². The summed E-state index contributed by atoms with van der Waals surface area (Å²) in [4.78, 5) is 28.6. The first-order valence-electron chi connectivity index (χ1n) is 8.98. The first kappa shape index (κ1) is 17.1. The Morgan fingerprint density at radius 3 is 3.00 bits per heavy atom. The average molecular weight is 364 g/mol. The number of nitrogens with one attached hydrogen (secondary N) is 2. The van der Waals surface area contributed by atoms with Crippen LogP contribution in [0.1, 0.15) is 25.2 Å². The van der Waals surface area contributed by atoms with Crippen molar-refractivity contribution in [3.63, 3.8) is 0 Å². The molecule has 3 aromatic rings. The minimum atomic E-state index is 0.135. The number of aromatic nitrogens is 4. The van der Waals surface area contributed by atoms with Gasteiger partial charge in [0.05, 0.1) is 12.4 Å². The van der Waals surface area contributed by atoms with Gasteiger partial charge < -0.3 is 15.1 Å². The lowest BCUT2D eigenvalue weighted by atomic mass is 9.93. The fourth-order valence-corrected chi connectivity index (χ4v) is 3.11. The van der Waals surface area contributed by atoms with Crippen molar-refractivity contribution in [1.29, 1.82) is 0 Å². The van der Waals surface area contributed by atoms with E-state index in [1.807, 2.05) is 18.2 Å². The SMILES string of the molecule is O=C1CC(CCc2ncc(-c3cccc(Nc4cnccn4)n3)o2)CCN1. The molecule has 0 radical (unpaired) electrons. The number of rotatable bonds is 6. The summed E-state index contributed by atoms with van der Waals surface area (Å²) in [7, 11) is 0. The molecule has 1 unspecified atom stereocenters. The minimum Gasteiger partial charge on any atom is -0.439 e. The Morgan fingerprint density at radius 1 is 1.19 bits per heavy atom. The molecular weight excluding hydrogens is 344 g/mol. The Morgan fingerprint density at radius 2 is 2.15 bits per heavy atom. The second-order valence-corrected chi connectivity index (χ2v) is 6.49. The monoisotopic (exact) mass is 364 g/mol. The second-order valence-electron chi connectivity index (χ2n) is 6.49. The number of piperidine rings is 1. The zero-order chi connectivity index (χ0) is 18.5. The number of nitrogens with zero attached hydrogens (tertiary/aromatic N) is 4. The topological polar surface area (TPSA) is 106 Å². The van der Waals surface area contributed by atoms with Gasteiger partial charge in [-0.25, -0.2) is 15.0 Å². The standard InChI is InChI=1S/C19H20N6O2/c26-18-10-13(6-7-22-18)4-5-19-23-11-15(27-19)14-2-1-3-16(24-14)25-17-12-20-8-9-21-17/h1-3,8-9,11-13H,4-7,10H2,(H,22,26)(H,21,24,25). The third kappa shape index (κ3) is 4.46. The van der Waals surface area contributed by atoms with E-state index in [-0.39, 0.29) is 5.91 Å². The highest BCUT2D eigenvalue weighted by Gasteiger charge is 2.19. The molecule has 27 heavy (non-hydrogen) atoms. The first-order chi connectivity index (χ1) is 13.3. The summed E-state index contributed by atoms with van der Waals surface area (Å²) in [6.07, 6.45) is 9.77. The number of carbonyl (C=O) groups excluding carboxylic acids is 1. The smallest absolute Gasteiger partial charge is 0.220 e. The van der Waals surface area contributed by atoms with Gasteiger partial charge in [0.1, 0.15) is 17.3 Å². The molecule has 1 atom stereocenters. The number of amides is 1. The number of hydrogen-bond donors (Lipinski definition) is 2. The molecule has 2 N–H and O–H groups in total. The Balaban J connectivity index is 1.40. The maximum absolute atomic E-state index is 11.5. The fraction of sp³-hybridized carbons (Fsp3) is 0.316. The lowest BCUT2D eigenvalue weighted by molar-refractivity contribution is -0.123. The summed E-state index contributed by atoms with van der Waals surface area (Å²) in [5.74, 6) is 3.10. The Kier molecular flexibility index (Phi) is 5.04. The molecule has 4 heterocycles. The zero-order valence-electron chi connectivity index (χ0n) is 14.8. The van der Waals surface area contributed by atoms with Gasteiger partial charge in [-0.1, -0.05) is 6.07 Å². The van der Waals surface area contributed by atoms with Crippen LogP contribution >= 0.6 is 0 Å². The fourth-order valence-electron chi connectivity index (χ4n) is 3.11.